The Morgan fingerprint density at radius 1 is 1.12 bits per heavy atom. The van der Waals surface area contributed by atoms with Crippen LogP contribution < -0.4 is 15.4 Å². The maximum absolute atomic E-state index is 13.1. The number of fused-ring (bicyclic) bond motifs is 1. The van der Waals surface area contributed by atoms with Crippen molar-refractivity contribution in [3.8, 4) is 5.75 Å². The SMILES string of the molecule is COC(=O)[C@H](Cc1cnc[nH]1)NC(=O)[C@H](CC(C)C)NC(=O)c1cc2c(OC)cccc2[nH]1. The number of hydrogen-bond acceptors (Lipinski definition) is 6. The number of amides is 2. The third kappa shape index (κ3) is 5.91. The highest BCUT2D eigenvalue weighted by atomic mass is 16.5. The van der Waals surface area contributed by atoms with Crippen LogP contribution in [-0.4, -0.2) is 59.0 Å². The molecule has 2 atom stereocenters. The van der Waals surface area contributed by atoms with Crippen LogP contribution >= 0.6 is 0 Å². The highest BCUT2D eigenvalue weighted by Gasteiger charge is 2.29. The van der Waals surface area contributed by atoms with Crippen LogP contribution in [0.25, 0.3) is 10.9 Å². The van der Waals surface area contributed by atoms with Gasteiger partial charge in [0, 0.05) is 29.2 Å². The average Bonchev–Trinajstić information content (AvgIpc) is 3.46. The summed E-state index contributed by atoms with van der Waals surface area (Å²) in [5.74, 6) is -0.736. The number of ether oxygens (including phenoxy) is 2. The van der Waals surface area contributed by atoms with E-state index in [1.807, 2.05) is 26.0 Å². The maximum Gasteiger partial charge on any atom is 0.328 e. The summed E-state index contributed by atoms with van der Waals surface area (Å²) in [6.07, 6.45) is 3.63. The van der Waals surface area contributed by atoms with Crippen LogP contribution in [0.15, 0.2) is 36.8 Å². The molecule has 2 heterocycles. The first-order valence-electron chi connectivity index (χ1n) is 10.6. The monoisotopic (exact) mass is 455 g/mol. The molecule has 2 aromatic heterocycles. The van der Waals surface area contributed by atoms with Gasteiger partial charge >= 0.3 is 5.97 Å². The Balaban J connectivity index is 1.77. The standard InChI is InChI=1S/C23H29N5O5/c1-13(2)8-17(21(29)28-19(23(31)33-4)9-14-11-24-12-25-14)27-22(30)18-10-15-16(26-18)6-5-7-20(15)32-3/h5-7,10-13,17,19,26H,8-9H2,1-4H3,(H,24,25)(H,27,30)(H,28,29)/t17-,19-/m0/s1. The quantitative estimate of drug-likeness (QED) is 0.345. The minimum atomic E-state index is -0.924. The van der Waals surface area contributed by atoms with E-state index in [1.165, 1.54) is 13.4 Å². The van der Waals surface area contributed by atoms with Gasteiger partial charge in [0.15, 0.2) is 0 Å². The van der Waals surface area contributed by atoms with E-state index in [4.69, 9.17) is 9.47 Å². The molecule has 0 radical (unpaired) electrons. The van der Waals surface area contributed by atoms with Crippen molar-refractivity contribution in [1.82, 2.24) is 25.6 Å². The third-order valence-electron chi connectivity index (χ3n) is 5.20. The first kappa shape index (κ1) is 23.8. The number of carbonyl (C=O) groups is 3. The number of aromatic nitrogens is 3. The van der Waals surface area contributed by atoms with E-state index in [0.717, 1.165) is 10.9 Å². The average molecular weight is 456 g/mol. The van der Waals surface area contributed by atoms with Crippen LogP contribution in [0.1, 0.15) is 36.5 Å². The molecular formula is C23H29N5O5. The van der Waals surface area contributed by atoms with Crippen molar-refractivity contribution in [2.75, 3.05) is 14.2 Å². The number of esters is 1. The zero-order valence-electron chi connectivity index (χ0n) is 19.1. The number of rotatable bonds is 10. The fourth-order valence-corrected chi connectivity index (χ4v) is 3.59. The zero-order valence-corrected chi connectivity index (χ0v) is 19.1. The second-order valence-corrected chi connectivity index (χ2v) is 8.13. The molecule has 0 fully saturated rings. The second-order valence-electron chi connectivity index (χ2n) is 8.13. The highest BCUT2D eigenvalue weighted by Crippen LogP contribution is 2.26. The lowest BCUT2D eigenvalue weighted by Crippen LogP contribution is -2.53. The van der Waals surface area contributed by atoms with Crippen molar-refractivity contribution in [3.05, 3.63) is 48.2 Å². The van der Waals surface area contributed by atoms with E-state index in [2.05, 4.69) is 25.6 Å². The van der Waals surface area contributed by atoms with Crippen molar-refractivity contribution >= 4 is 28.7 Å². The molecule has 2 amide bonds. The summed E-state index contributed by atoms with van der Waals surface area (Å²) >= 11 is 0. The number of benzene rings is 1. The summed E-state index contributed by atoms with van der Waals surface area (Å²) in [6.45, 7) is 3.89. The van der Waals surface area contributed by atoms with Gasteiger partial charge in [0.25, 0.3) is 5.91 Å². The van der Waals surface area contributed by atoms with Gasteiger partial charge in [-0.2, -0.15) is 0 Å². The van der Waals surface area contributed by atoms with Gasteiger partial charge in [-0.1, -0.05) is 19.9 Å². The van der Waals surface area contributed by atoms with Crippen LogP contribution in [0, 0.1) is 5.92 Å². The number of methoxy groups -OCH3 is 2. The van der Waals surface area contributed by atoms with Crippen molar-refractivity contribution in [2.45, 2.75) is 38.8 Å². The van der Waals surface area contributed by atoms with E-state index in [0.29, 0.717) is 23.6 Å². The number of imidazole rings is 1. The molecule has 3 rings (SSSR count). The molecule has 0 unspecified atom stereocenters. The van der Waals surface area contributed by atoms with Crippen molar-refractivity contribution in [3.63, 3.8) is 0 Å². The molecule has 0 aliphatic carbocycles. The molecule has 10 nitrogen and oxygen atoms in total. The molecule has 4 N–H and O–H groups in total. The minimum absolute atomic E-state index is 0.119. The Labute approximate surface area is 191 Å². The second kappa shape index (κ2) is 10.7. The van der Waals surface area contributed by atoms with Crippen LogP contribution in [0.2, 0.25) is 0 Å². The molecular weight excluding hydrogens is 426 g/mol. The third-order valence-corrected chi connectivity index (χ3v) is 5.20. The Morgan fingerprint density at radius 2 is 1.91 bits per heavy atom. The van der Waals surface area contributed by atoms with E-state index >= 15 is 0 Å². The van der Waals surface area contributed by atoms with Gasteiger partial charge in [-0.3, -0.25) is 9.59 Å². The number of nitrogens with one attached hydrogen (secondary N) is 4. The van der Waals surface area contributed by atoms with E-state index in [1.54, 1.807) is 25.4 Å². The fourth-order valence-electron chi connectivity index (χ4n) is 3.59. The lowest BCUT2D eigenvalue weighted by molar-refractivity contribution is -0.145. The predicted molar refractivity (Wildman–Crippen MR) is 122 cm³/mol. The van der Waals surface area contributed by atoms with E-state index in [-0.39, 0.29) is 12.3 Å². The van der Waals surface area contributed by atoms with E-state index in [9.17, 15) is 14.4 Å². The first-order valence-corrected chi connectivity index (χ1v) is 10.6. The van der Waals surface area contributed by atoms with Gasteiger partial charge in [-0.25, -0.2) is 9.78 Å². The normalized spacial score (nSPS) is 12.9. The Kier molecular flexibility index (Phi) is 7.70. The van der Waals surface area contributed by atoms with Crippen LogP contribution in [0.5, 0.6) is 5.75 Å². The molecule has 0 spiro atoms. The highest BCUT2D eigenvalue weighted by molar-refractivity contribution is 6.01. The molecule has 0 saturated heterocycles. The molecule has 0 aliphatic heterocycles. The number of nitrogens with zero attached hydrogens (tertiary/aromatic N) is 1. The van der Waals surface area contributed by atoms with Gasteiger partial charge in [0.2, 0.25) is 5.91 Å². The summed E-state index contributed by atoms with van der Waals surface area (Å²) in [7, 11) is 2.82. The molecule has 1 aromatic carbocycles. The Bertz CT molecular complexity index is 1110. The van der Waals surface area contributed by atoms with Crippen LogP contribution in [-0.2, 0) is 20.7 Å². The van der Waals surface area contributed by atoms with Gasteiger partial charge in [-0.15, -0.1) is 0 Å². The summed E-state index contributed by atoms with van der Waals surface area (Å²) in [4.78, 5) is 48.2. The van der Waals surface area contributed by atoms with Crippen LogP contribution in [0.4, 0.5) is 0 Å². The molecule has 3 aromatic rings. The molecule has 0 saturated carbocycles. The Morgan fingerprint density at radius 3 is 2.55 bits per heavy atom. The number of aromatic amines is 2. The lowest BCUT2D eigenvalue weighted by atomic mass is 10.0. The fraction of sp³-hybridized carbons (Fsp3) is 0.391. The number of hydrogen-bond donors (Lipinski definition) is 4. The lowest BCUT2D eigenvalue weighted by Gasteiger charge is -2.23. The molecule has 0 bridgehead atoms. The van der Waals surface area contributed by atoms with Crippen LogP contribution in [0.3, 0.4) is 0 Å². The molecule has 0 aliphatic rings. The summed E-state index contributed by atoms with van der Waals surface area (Å²) < 4.78 is 10.2. The largest absolute Gasteiger partial charge is 0.496 e. The maximum atomic E-state index is 13.1. The predicted octanol–water partition coefficient (Wildman–Crippen LogP) is 1.94. The number of H-pyrrole nitrogens is 2. The topological polar surface area (TPSA) is 138 Å². The zero-order chi connectivity index (χ0) is 24.0. The summed E-state index contributed by atoms with van der Waals surface area (Å²) in [5, 5.41) is 6.26. The molecule has 10 heteroatoms. The smallest absolute Gasteiger partial charge is 0.328 e. The van der Waals surface area contributed by atoms with Gasteiger partial charge in [-0.05, 0) is 30.5 Å². The first-order chi connectivity index (χ1) is 15.8. The minimum Gasteiger partial charge on any atom is -0.496 e. The van der Waals surface area contributed by atoms with Crippen molar-refractivity contribution in [1.29, 1.82) is 0 Å². The molecule has 176 valence electrons. The van der Waals surface area contributed by atoms with E-state index < -0.39 is 29.9 Å². The Hall–Kier alpha value is -3.82. The summed E-state index contributed by atoms with van der Waals surface area (Å²) in [6, 6.07) is 5.37. The number of carbonyl (C=O) groups excluding carboxylic acids is 3. The van der Waals surface area contributed by atoms with Crippen molar-refractivity contribution in [2.24, 2.45) is 5.92 Å². The van der Waals surface area contributed by atoms with Gasteiger partial charge in [0.1, 0.15) is 23.5 Å². The van der Waals surface area contributed by atoms with Gasteiger partial charge in [0.05, 0.1) is 20.5 Å². The molecule has 33 heavy (non-hydrogen) atoms. The van der Waals surface area contributed by atoms with Gasteiger partial charge < -0.3 is 30.1 Å². The van der Waals surface area contributed by atoms with Crippen molar-refractivity contribution < 1.29 is 23.9 Å². The summed E-state index contributed by atoms with van der Waals surface area (Å²) in [5.41, 5.74) is 1.72.